The minimum Gasteiger partial charge on any atom is -0.496 e. The SMILES string of the molecule is CNC(C(=O)C(CCCOc1cccc(OC)c1-c1cc(Nc2cnc(C#N)cn2)n[nH]1)SC)C(C)C. The van der Waals surface area contributed by atoms with E-state index in [0.29, 0.717) is 35.4 Å². The lowest BCUT2D eigenvalue weighted by molar-refractivity contribution is -0.121. The van der Waals surface area contributed by atoms with Gasteiger partial charge in [-0.2, -0.15) is 22.1 Å². The zero-order chi connectivity index (χ0) is 26.8. The summed E-state index contributed by atoms with van der Waals surface area (Å²) in [7, 11) is 3.44. The number of likely N-dealkylation sites (N-methyl/N-ethyl adjacent to an activating group) is 1. The van der Waals surface area contributed by atoms with Gasteiger partial charge in [-0.05, 0) is 44.2 Å². The molecule has 0 saturated carbocycles. The maximum absolute atomic E-state index is 12.9. The molecule has 0 amide bonds. The Balaban J connectivity index is 1.69. The Labute approximate surface area is 221 Å². The molecule has 0 aliphatic heterocycles. The smallest absolute Gasteiger partial charge is 0.162 e. The zero-order valence-electron chi connectivity index (χ0n) is 21.7. The number of carbonyl (C=O) groups is 1. The quantitative estimate of drug-likeness (QED) is 0.264. The molecule has 0 aliphatic rings. The highest BCUT2D eigenvalue weighted by molar-refractivity contribution is 7.99. The number of ketones is 1. The lowest BCUT2D eigenvalue weighted by Gasteiger charge is -2.23. The molecule has 11 heteroatoms. The van der Waals surface area contributed by atoms with Crippen molar-refractivity contribution in [3.63, 3.8) is 0 Å². The number of ether oxygens (including phenoxy) is 2. The third kappa shape index (κ3) is 7.21. The molecule has 0 spiro atoms. The van der Waals surface area contributed by atoms with Gasteiger partial charge in [-0.3, -0.25) is 9.89 Å². The highest BCUT2D eigenvalue weighted by atomic mass is 32.2. The lowest BCUT2D eigenvalue weighted by atomic mass is 9.96. The molecule has 2 heterocycles. The first-order chi connectivity index (χ1) is 17.9. The molecule has 2 unspecified atom stereocenters. The number of aromatic amines is 1. The number of carbonyl (C=O) groups excluding carboxylic acids is 1. The Hall–Kier alpha value is -3.62. The van der Waals surface area contributed by atoms with E-state index in [-0.39, 0.29) is 28.7 Å². The number of aromatic nitrogens is 4. The first-order valence-corrected chi connectivity index (χ1v) is 13.3. The van der Waals surface area contributed by atoms with Crippen LogP contribution in [-0.4, -0.2) is 64.3 Å². The number of rotatable bonds is 14. The Kier molecular flexibility index (Phi) is 10.3. The number of thioether (sulfide) groups is 1. The van der Waals surface area contributed by atoms with Crippen molar-refractivity contribution in [3.8, 4) is 28.8 Å². The first kappa shape index (κ1) is 28.0. The maximum atomic E-state index is 12.9. The van der Waals surface area contributed by atoms with E-state index in [9.17, 15) is 4.79 Å². The number of anilines is 2. The van der Waals surface area contributed by atoms with Gasteiger partial charge in [0.1, 0.15) is 23.4 Å². The number of nitrogens with one attached hydrogen (secondary N) is 3. The number of H-pyrrole nitrogens is 1. The molecule has 1 aromatic carbocycles. The minimum atomic E-state index is -0.151. The lowest BCUT2D eigenvalue weighted by Crippen LogP contribution is -2.43. The van der Waals surface area contributed by atoms with E-state index >= 15 is 0 Å². The van der Waals surface area contributed by atoms with Crippen LogP contribution in [0.4, 0.5) is 11.6 Å². The minimum absolute atomic E-state index is 0.0835. The summed E-state index contributed by atoms with van der Waals surface area (Å²) >= 11 is 1.59. The predicted octanol–water partition coefficient (Wildman–Crippen LogP) is 4.19. The summed E-state index contributed by atoms with van der Waals surface area (Å²) in [5.74, 6) is 2.74. The number of methoxy groups -OCH3 is 1. The van der Waals surface area contributed by atoms with Crippen LogP contribution in [0.2, 0.25) is 0 Å². The van der Waals surface area contributed by atoms with Crippen LogP contribution in [0.5, 0.6) is 11.5 Å². The number of benzene rings is 1. The van der Waals surface area contributed by atoms with Gasteiger partial charge in [0, 0.05) is 6.07 Å². The maximum Gasteiger partial charge on any atom is 0.162 e. The highest BCUT2D eigenvalue weighted by Crippen LogP contribution is 2.38. The standard InChI is InChI=1S/C26H33N7O3S/c1-16(2)25(28-3)26(34)21(37-5)10-7-11-36-20-9-6-8-19(35-4)24(20)18-12-22(33-32-18)31-23-15-29-17(13-27)14-30-23/h6,8-9,12,14-16,21,25,28H,7,10-11H2,1-5H3,(H2,30,31,32,33). The van der Waals surface area contributed by atoms with Crippen LogP contribution in [-0.2, 0) is 4.79 Å². The summed E-state index contributed by atoms with van der Waals surface area (Å²) in [6.45, 7) is 4.56. The van der Waals surface area contributed by atoms with Crippen molar-refractivity contribution in [2.24, 2.45) is 5.92 Å². The molecule has 37 heavy (non-hydrogen) atoms. The summed E-state index contributed by atoms with van der Waals surface area (Å²) in [6.07, 6.45) is 6.30. The van der Waals surface area contributed by atoms with Crippen molar-refractivity contribution in [3.05, 3.63) is 42.4 Å². The van der Waals surface area contributed by atoms with Crippen LogP contribution >= 0.6 is 11.8 Å². The first-order valence-electron chi connectivity index (χ1n) is 12.0. The Morgan fingerprint density at radius 3 is 2.62 bits per heavy atom. The van der Waals surface area contributed by atoms with Gasteiger partial charge in [0.15, 0.2) is 17.3 Å². The van der Waals surface area contributed by atoms with Crippen molar-refractivity contribution in [1.82, 2.24) is 25.5 Å². The van der Waals surface area contributed by atoms with E-state index in [1.807, 2.05) is 43.6 Å². The average Bonchev–Trinajstić information content (AvgIpc) is 3.36. The Morgan fingerprint density at radius 2 is 2.00 bits per heavy atom. The molecule has 0 radical (unpaired) electrons. The largest absolute Gasteiger partial charge is 0.496 e. The highest BCUT2D eigenvalue weighted by Gasteiger charge is 2.27. The molecule has 0 aliphatic carbocycles. The van der Waals surface area contributed by atoms with E-state index in [4.69, 9.17) is 14.7 Å². The molecule has 3 N–H and O–H groups in total. The van der Waals surface area contributed by atoms with E-state index in [0.717, 1.165) is 18.4 Å². The molecule has 3 rings (SSSR count). The number of nitriles is 1. The predicted molar refractivity (Wildman–Crippen MR) is 145 cm³/mol. The zero-order valence-corrected chi connectivity index (χ0v) is 22.6. The summed E-state index contributed by atoms with van der Waals surface area (Å²) in [4.78, 5) is 21.1. The van der Waals surface area contributed by atoms with E-state index in [1.165, 1.54) is 12.4 Å². The summed E-state index contributed by atoms with van der Waals surface area (Å²) in [5.41, 5.74) is 1.67. The second kappa shape index (κ2) is 13.6. The van der Waals surface area contributed by atoms with Gasteiger partial charge in [-0.15, -0.1) is 0 Å². The summed E-state index contributed by atoms with van der Waals surface area (Å²) in [6, 6.07) is 9.21. The molecular formula is C26H33N7O3S. The normalized spacial score (nSPS) is 12.6. The van der Waals surface area contributed by atoms with Crippen LogP contribution in [0, 0.1) is 17.2 Å². The topological polar surface area (TPSA) is 138 Å². The molecule has 2 atom stereocenters. The molecule has 3 aromatic rings. The Bertz CT molecular complexity index is 1210. The monoisotopic (exact) mass is 523 g/mol. The number of hydrogen-bond donors (Lipinski definition) is 3. The average molecular weight is 524 g/mol. The van der Waals surface area contributed by atoms with Crippen molar-refractivity contribution in [2.45, 2.75) is 38.0 Å². The van der Waals surface area contributed by atoms with Crippen LogP contribution < -0.4 is 20.1 Å². The fourth-order valence-corrected chi connectivity index (χ4v) is 4.78. The second-order valence-electron chi connectivity index (χ2n) is 8.65. The number of Topliss-reactive ketones (excluding diaryl/α,β-unsaturated/α-hetero) is 1. The van der Waals surface area contributed by atoms with Gasteiger partial charge in [-0.1, -0.05) is 19.9 Å². The summed E-state index contributed by atoms with van der Waals surface area (Å²) < 4.78 is 11.8. The Morgan fingerprint density at radius 1 is 1.22 bits per heavy atom. The molecule has 2 aromatic heterocycles. The molecule has 196 valence electrons. The third-order valence-corrected chi connectivity index (χ3v) is 6.87. The van der Waals surface area contributed by atoms with Gasteiger partial charge >= 0.3 is 0 Å². The van der Waals surface area contributed by atoms with Gasteiger partial charge < -0.3 is 20.1 Å². The van der Waals surface area contributed by atoms with Gasteiger partial charge in [0.2, 0.25) is 0 Å². The van der Waals surface area contributed by atoms with Crippen LogP contribution in [0.1, 0.15) is 32.4 Å². The van der Waals surface area contributed by atoms with Crippen LogP contribution in [0.15, 0.2) is 36.7 Å². The number of hydrogen-bond acceptors (Lipinski definition) is 10. The molecule has 10 nitrogen and oxygen atoms in total. The van der Waals surface area contributed by atoms with Crippen LogP contribution in [0.3, 0.4) is 0 Å². The fraction of sp³-hybridized carbons (Fsp3) is 0.423. The molecule has 0 saturated heterocycles. The molecular weight excluding hydrogens is 490 g/mol. The van der Waals surface area contributed by atoms with E-state index in [1.54, 1.807) is 18.9 Å². The van der Waals surface area contributed by atoms with Gasteiger partial charge in [0.25, 0.3) is 0 Å². The fourth-order valence-electron chi connectivity index (χ4n) is 3.99. The van der Waals surface area contributed by atoms with Crippen molar-refractivity contribution < 1.29 is 14.3 Å². The third-order valence-electron chi connectivity index (χ3n) is 5.83. The second-order valence-corrected chi connectivity index (χ2v) is 9.69. The van der Waals surface area contributed by atoms with E-state index in [2.05, 4.69) is 44.6 Å². The summed E-state index contributed by atoms with van der Waals surface area (Å²) in [5, 5.41) is 22.3. The van der Waals surface area contributed by atoms with Gasteiger partial charge in [-0.25, -0.2) is 9.97 Å². The van der Waals surface area contributed by atoms with Crippen molar-refractivity contribution in [2.75, 3.05) is 32.3 Å². The van der Waals surface area contributed by atoms with Gasteiger partial charge in [0.05, 0.1) is 48.7 Å². The number of nitrogens with zero attached hydrogens (tertiary/aromatic N) is 4. The van der Waals surface area contributed by atoms with Crippen molar-refractivity contribution in [1.29, 1.82) is 5.26 Å². The van der Waals surface area contributed by atoms with Crippen molar-refractivity contribution >= 4 is 29.2 Å². The van der Waals surface area contributed by atoms with E-state index < -0.39 is 0 Å². The molecule has 0 fully saturated rings. The molecule has 0 bridgehead atoms. The van der Waals surface area contributed by atoms with Crippen LogP contribution in [0.25, 0.3) is 11.3 Å².